The van der Waals surface area contributed by atoms with Crippen LogP contribution in [0.5, 0.6) is 11.5 Å². The maximum Gasteiger partial charge on any atom is 0.126 e. The number of hydrogen-bond donors (Lipinski definition) is 1. The lowest BCUT2D eigenvalue weighted by atomic mass is 10.2. The Morgan fingerprint density at radius 3 is 2.05 bits per heavy atom. The van der Waals surface area contributed by atoms with Gasteiger partial charge in [0.15, 0.2) is 0 Å². The van der Waals surface area contributed by atoms with Crippen LogP contribution >= 0.6 is 0 Å². The molecule has 0 saturated carbocycles. The van der Waals surface area contributed by atoms with Crippen LogP contribution in [0.3, 0.4) is 0 Å². The fourth-order valence-corrected chi connectivity index (χ4v) is 2.23. The van der Waals surface area contributed by atoms with Crippen LogP contribution in [0.2, 0.25) is 0 Å². The van der Waals surface area contributed by atoms with Crippen molar-refractivity contribution in [2.24, 2.45) is 0 Å². The van der Waals surface area contributed by atoms with Crippen LogP contribution in [0.1, 0.15) is 16.8 Å². The first-order valence-corrected chi connectivity index (χ1v) is 6.14. The number of rotatable bonds is 3. The molecule has 0 saturated heterocycles. The van der Waals surface area contributed by atoms with Crippen LogP contribution in [0, 0.1) is 25.2 Å². The Balaban J connectivity index is 2.72. The average Bonchev–Trinajstić information content (AvgIpc) is 2.68. The summed E-state index contributed by atoms with van der Waals surface area (Å²) in [6.07, 6.45) is 0. The Morgan fingerprint density at radius 2 is 1.65 bits per heavy atom. The predicted octanol–water partition coefficient (Wildman–Crippen LogP) is 2.57. The zero-order valence-corrected chi connectivity index (χ0v) is 12.0. The first-order chi connectivity index (χ1) is 9.53. The Morgan fingerprint density at radius 1 is 1.10 bits per heavy atom. The molecule has 104 valence electrons. The molecule has 0 atom stereocenters. The Hall–Kier alpha value is -2.61. The minimum absolute atomic E-state index is 0.429. The highest BCUT2D eigenvalue weighted by atomic mass is 16.5. The summed E-state index contributed by atoms with van der Waals surface area (Å²) in [5.41, 5.74) is 9.21. The van der Waals surface area contributed by atoms with Crippen molar-refractivity contribution in [3.63, 3.8) is 0 Å². The van der Waals surface area contributed by atoms with Gasteiger partial charge in [0.2, 0.25) is 0 Å². The van der Waals surface area contributed by atoms with Crippen molar-refractivity contribution in [2.75, 3.05) is 20.0 Å². The molecule has 5 heteroatoms. The molecule has 0 aliphatic rings. The highest BCUT2D eigenvalue weighted by Crippen LogP contribution is 2.31. The topological polar surface area (TPSA) is 73.2 Å². The normalized spacial score (nSPS) is 10.2. The highest BCUT2D eigenvalue weighted by molar-refractivity contribution is 5.63. The molecule has 1 heterocycles. The molecule has 2 aromatic rings. The van der Waals surface area contributed by atoms with Gasteiger partial charge in [0.25, 0.3) is 0 Å². The predicted molar refractivity (Wildman–Crippen MR) is 77.5 cm³/mol. The van der Waals surface area contributed by atoms with Crippen molar-refractivity contribution < 1.29 is 9.47 Å². The van der Waals surface area contributed by atoms with E-state index in [2.05, 4.69) is 6.07 Å². The smallest absolute Gasteiger partial charge is 0.126 e. The lowest BCUT2D eigenvalue weighted by Gasteiger charge is -2.12. The van der Waals surface area contributed by atoms with Gasteiger partial charge in [-0.2, -0.15) is 5.26 Å². The monoisotopic (exact) mass is 271 g/mol. The van der Waals surface area contributed by atoms with Gasteiger partial charge < -0.3 is 15.2 Å². The molecule has 0 radical (unpaired) electrons. The Bertz CT molecular complexity index is 674. The molecule has 0 fully saturated rings. The summed E-state index contributed by atoms with van der Waals surface area (Å²) >= 11 is 0. The Labute approximate surface area is 118 Å². The minimum atomic E-state index is 0.429. The number of nitrogens with zero attached hydrogens (tertiary/aromatic N) is 2. The van der Waals surface area contributed by atoms with E-state index in [4.69, 9.17) is 15.2 Å². The molecule has 20 heavy (non-hydrogen) atoms. The zero-order valence-electron chi connectivity index (χ0n) is 12.0. The van der Waals surface area contributed by atoms with Gasteiger partial charge in [0, 0.05) is 23.9 Å². The highest BCUT2D eigenvalue weighted by Gasteiger charge is 2.17. The second-order valence-electron chi connectivity index (χ2n) is 4.49. The minimum Gasteiger partial charge on any atom is -0.497 e. The van der Waals surface area contributed by atoms with Gasteiger partial charge in [-0.05, 0) is 19.4 Å². The van der Waals surface area contributed by atoms with Crippen LogP contribution < -0.4 is 15.2 Å². The summed E-state index contributed by atoms with van der Waals surface area (Å²) in [7, 11) is 3.19. The number of aromatic nitrogens is 1. The quantitative estimate of drug-likeness (QED) is 0.931. The van der Waals surface area contributed by atoms with Crippen molar-refractivity contribution >= 4 is 5.82 Å². The summed E-state index contributed by atoms with van der Waals surface area (Å²) in [5.74, 6) is 1.77. The summed E-state index contributed by atoms with van der Waals surface area (Å²) in [6, 6.07) is 7.64. The third-order valence-electron chi connectivity index (χ3n) is 3.46. The summed E-state index contributed by atoms with van der Waals surface area (Å²) in [5, 5.41) is 9.19. The first-order valence-electron chi connectivity index (χ1n) is 6.14. The number of methoxy groups -OCH3 is 2. The van der Waals surface area contributed by atoms with Gasteiger partial charge in [-0.3, -0.25) is 4.57 Å². The number of nitriles is 1. The Kier molecular flexibility index (Phi) is 3.57. The number of ether oxygens (including phenoxy) is 2. The van der Waals surface area contributed by atoms with E-state index in [1.54, 1.807) is 20.3 Å². The number of anilines is 1. The van der Waals surface area contributed by atoms with Gasteiger partial charge in [-0.1, -0.05) is 0 Å². The molecule has 2 N–H and O–H groups in total. The van der Waals surface area contributed by atoms with E-state index in [9.17, 15) is 5.26 Å². The summed E-state index contributed by atoms with van der Waals surface area (Å²) < 4.78 is 12.4. The van der Waals surface area contributed by atoms with Crippen LogP contribution in [0.4, 0.5) is 5.82 Å². The van der Waals surface area contributed by atoms with E-state index in [0.29, 0.717) is 22.9 Å². The van der Waals surface area contributed by atoms with Crippen molar-refractivity contribution in [2.45, 2.75) is 13.8 Å². The third kappa shape index (κ3) is 2.05. The summed E-state index contributed by atoms with van der Waals surface area (Å²) in [6.45, 7) is 3.82. The van der Waals surface area contributed by atoms with E-state index in [1.807, 2.05) is 30.5 Å². The van der Waals surface area contributed by atoms with Crippen molar-refractivity contribution in [3.8, 4) is 23.3 Å². The van der Waals surface area contributed by atoms with Crippen LogP contribution in [0.25, 0.3) is 5.69 Å². The maximum atomic E-state index is 9.19. The lowest BCUT2D eigenvalue weighted by molar-refractivity contribution is 0.394. The standard InChI is InChI=1S/C15H17N3O2/c1-9-10(2)18(15(17)14(9)8-16)11-5-12(19-3)7-13(6-11)20-4/h5-7H,17H2,1-4H3. The van der Waals surface area contributed by atoms with E-state index in [-0.39, 0.29) is 0 Å². The maximum absolute atomic E-state index is 9.19. The van der Waals surface area contributed by atoms with Crippen molar-refractivity contribution in [3.05, 3.63) is 35.0 Å². The van der Waals surface area contributed by atoms with E-state index in [1.165, 1.54) is 0 Å². The lowest BCUT2D eigenvalue weighted by Crippen LogP contribution is -2.03. The number of nitrogen functional groups attached to an aromatic ring is 1. The van der Waals surface area contributed by atoms with Gasteiger partial charge in [-0.15, -0.1) is 0 Å². The zero-order chi connectivity index (χ0) is 14.9. The van der Waals surface area contributed by atoms with E-state index >= 15 is 0 Å². The van der Waals surface area contributed by atoms with Gasteiger partial charge >= 0.3 is 0 Å². The second-order valence-corrected chi connectivity index (χ2v) is 4.49. The number of benzene rings is 1. The molecular weight excluding hydrogens is 254 g/mol. The second kappa shape index (κ2) is 5.17. The molecule has 0 aliphatic heterocycles. The fraction of sp³-hybridized carbons (Fsp3) is 0.267. The van der Waals surface area contributed by atoms with Crippen molar-refractivity contribution in [1.82, 2.24) is 4.57 Å². The molecule has 1 aromatic carbocycles. The molecule has 0 aliphatic carbocycles. The van der Waals surface area contributed by atoms with Crippen LogP contribution in [-0.2, 0) is 0 Å². The van der Waals surface area contributed by atoms with E-state index < -0.39 is 0 Å². The number of hydrogen-bond acceptors (Lipinski definition) is 4. The number of nitrogens with two attached hydrogens (primary N) is 1. The average molecular weight is 271 g/mol. The molecule has 0 amide bonds. The van der Waals surface area contributed by atoms with Gasteiger partial charge in [-0.25, -0.2) is 0 Å². The molecular formula is C15H17N3O2. The van der Waals surface area contributed by atoms with Gasteiger partial charge in [0.1, 0.15) is 23.4 Å². The molecule has 1 aromatic heterocycles. The molecule has 5 nitrogen and oxygen atoms in total. The van der Waals surface area contributed by atoms with Gasteiger partial charge in [0.05, 0.1) is 25.5 Å². The molecule has 0 bridgehead atoms. The third-order valence-corrected chi connectivity index (χ3v) is 3.46. The molecule has 2 rings (SSSR count). The largest absolute Gasteiger partial charge is 0.497 e. The van der Waals surface area contributed by atoms with Crippen molar-refractivity contribution in [1.29, 1.82) is 5.26 Å². The summed E-state index contributed by atoms with van der Waals surface area (Å²) in [4.78, 5) is 0. The van der Waals surface area contributed by atoms with E-state index in [0.717, 1.165) is 16.9 Å². The molecule has 0 spiro atoms. The fourth-order valence-electron chi connectivity index (χ4n) is 2.23. The van der Waals surface area contributed by atoms with Crippen LogP contribution in [-0.4, -0.2) is 18.8 Å². The first kappa shape index (κ1) is 13.8. The van der Waals surface area contributed by atoms with Crippen LogP contribution in [0.15, 0.2) is 18.2 Å². The SMILES string of the molecule is COc1cc(OC)cc(-n2c(C)c(C)c(C#N)c2N)c1. The molecule has 0 unspecified atom stereocenters.